The van der Waals surface area contributed by atoms with Crippen molar-refractivity contribution in [3.8, 4) is 0 Å². The van der Waals surface area contributed by atoms with Crippen molar-refractivity contribution in [3.05, 3.63) is 39.9 Å². The number of nitrogens with zero attached hydrogens (tertiary/aromatic N) is 3. The normalized spacial score (nSPS) is 21.5. The fourth-order valence-electron chi connectivity index (χ4n) is 4.24. The first kappa shape index (κ1) is 23.5. The lowest BCUT2D eigenvalue weighted by Crippen LogP contribution is -2.71. The molecule has 2 heterocycles. The van der Waals surface area contributed by atoms with Crippen molar-refractivity contribution < 1.29 is 24.0 Å². The molecule has 2 fully saturated rings. The maximum absolute atomic E-state index is 13.1. The van der Waals surface area contributed by atoms with Gasteiger partial charge in [-0.25, -0.2) is 4.79 Å². The first-order chi connectivity index (χ1) is 14.9. The van der Waals surface area contributed by atoms with Crippen LogP contribution in [0.4, 0.5) is 10.5 Å². The van der Waals surface area contributed by atoms with E-state index in [-0.39, 0.29) is 23.3 Å². The molecule has 0 aliphatic carbocycles. The third kappa shape index (κ3) is 5.00. The summed E-state index contributed by atoms with van der Waals surface area (Å²) >= 11 is 0. The van der Waals surface area contributed by atoms with Gasteiger partial charge in [0.1, 0.15) is 11.6 Å². The molecule has 10 heteroatoms. The lowest BCUT2D eigenvalue weighted by atomic mass is 9.77. The summed E-state index contributed by atoms with van der Waals surface area (Å²) in [6.07, 6.45) is 1.94. The Kier molecular flexibility index (Phi) is 6.43. The molecule has 174 valence electrons. The van der Waals surface area contributed by atoms with E-state index in [2.05, 4.69) is 5.32 Å². The van der Waals surface area contributed by atoms with E-state index in [1.807, 2.05) is 20.8 Å². The van der Waals surface area contributed by atoms with Gasteiger partial charge in [0.05, 0.1) is 10.5 Å². The summed E-state index contributed by atoms with van der Waals surface area (Å²) < 4.78 is 5.49. The number of piperidine rings is 1. The quantitative estimate of drug-likeness (QED) is 0.560. The third-order valence-corrected chi connectivity index (χ3v) is 5.88. The molecular weight excluding hydrogens is 416 g/mol. The Balaban J connectivity index is 1.64. The molecule has 2 atom stereocenters. The molecule has 10 nitrogen and oxygen atoms in total. The number of rotatable bonds is 4. The highest BCUT2D eigenvalue weighted by Crippen LogP contribution is 2.39. The van der Waals surface area contributed by atoms with Crippen molar-refractivity contribution in [2.75, 3.05) is 19.6 Å². The molecule has 0 radical (unpaired) electrons. The summed E-state index contributed by atoms with van der Waals surface area (Å²) in [6, 6.07) is 4.56. The van der Waals surface area contributed by atoms with Crippen LogP contribution in [0.15, 0.2) is 24.3 Å². The van der Waals surface area contributed by atoms with Crippen molar-refractivity contribution in [2.45, 2.75) is 64.1 Å². The summed E-state index contributed by atoms with van der Waals surface area (Å²) in [5.41, 5.74) is -1.12. The monoisotopic (exact) mass is 446 g/mol. The molecule has 3 rings (SSSR count). The van der Waals surface area contributed by atoms with Gasteiger partial charge >= 0.3 is 6.09 Å². The van der Waals surface area contributed by atoms with Gasteiger partial charge in [0.2, 0.25) is 5.91 Å². The number of amides is 3. The van der Waals surface area contributed by atoms with Gasteiger partial charge in [0.25, 0.3) is 11.6 Å². The van der Waals surface area contributed by atoms with Crippen LogP contribution in [0.2, 0.25) is 0 Å². The van der Waals surface area contributed by atoms with Crippen LogP contribution >= 0.6 is 0 Å². The molecular formula is C22H30N4O6. The summed E-state index contributed by atoms with van der Waals surface area (Å²) in [4.78, 5) is 51.9. The average molecular weight is 447 g/mol. The molecule has 1 N–H and O–H groups in total. The lowest BCUT2D eigenvalue weighted by molar-refractivity contribution is -0.384. The Bertz CT molecular complexity index is 927. The molecule has 0 bridgehead atoms. The smallest absolute Gasteiger partial charge is 0.410 e. The van der Waals surface area contributed by atoms with Crippen LogP contribution in [0, 0.1) is 10.1 Å². The molecule has 1 spiro atoms. The number of likely N-dealkylation sites (tertiary alicyclic amines) is 2. The van der Waals surface area contributed by atoms with Gasteiger partial charge in [-0.2, -0.15) is 0 Å². The maximum Gasteiger partial charge on any atom is 0.410 e. The minimum absolute atomic E-state index is 0.117. The van der Waals surface area contributed by atoms with Gasteiger partial charge in [-0.1, -0.05) is 6.07 Å². The van der Waals surface area contributed by atoms with Crippen LogP contribution in [-0.4, -0.2) is 69.4 Å². The van der Waals surface area contributed by atoms with E-state index in [1.165, 1.54) is 24.3 Å². The second-order valence-corrected chi connectivity index (χ2v) is 9.47. The van der Waals surface area contributed by atoms with E-state index in [9.17, 15) is 24.5 Å². The molecule has 2 saturated heterocycles. The summed E-state index contributed by atoms with van der Waals surface area (Å²) in [6.45, 7) is 8.58. The van der Waals surface area contributed by atoms with Gasteiger partial charge < -0.3 is 19.9 Å². The molecule has 0 aromatic heterocycles. The predicted octanol–water partition coefficient (Wildman–Crippen LogP) is 2.72. The summed E-state index contributed by atoms with van der Waals surface area (Å²) in [5, 5.41) is 13.6. The number of nitro groups is 1. The van der Waals surface area contributed by atoms with Crippen LogP contribution < -0.4 is 5.32 Å². The van der Waals surface area contributed by atoms with Crippen molar-refractivity contribution in [3.63, 3.8) is 0 Å². The van der Waals surface area contributed by atoms with Crippen molar-refractivity contribution in [1.82, 2.24) is 15.1 Å². The zero-order valence-corrected chi connectivity index (χ0v) is 18.9. The Morgan fingerprint density at radius 1 is 1.22 bits per heavy atom. The number of hydrogen-bond donors (Lipinski definition) is 1. The molecule has 3 amide bonds. The molecule has 2 aliphatic heterocycles. The number of ether oxygens (including phenoxy) is 1. The standard InChI is InChI=1S/C22H30N4O6/c1-15(23-18(27)16-7-5-8-17(13-16)26(30)31)19(28)25-12-10-22(25)9-6-11-24(14-22)20(29)32-21(2,3)4/h5,7-8,13,15H,6,9-12,14H2,1-4H3,(H,23,27)/t15-,22-/m0/s1. The molecule has 32 heavy (non-hydrogen) atoms. The van der Waals surface area contributed by atoms with E-state index in [4.69, 9.17) is 4.74 Å². The number of non-ortho nitro benzene ring substituents is 1. The molecule has 0 unspecified atom stereocenters. The molecule has 1 aromatic rings. The van der Waals surface area contributed by atoms with E-state index in [0.29, 0.717) is 19.6 Å². The van der Waals surface area contributed by atoms with E-state index in [1.54, 1.807) is 16.7 Å². The van der Waals surface area contributed by atoms with Crippen molar-refractivity contribution >= 4 is 23.6 Å². The van der Waals surface area contributed by atoms with Gasteiger partial charge in [0, 0.05) is 37.3 Å². The number of benzene rings is 1. The second kappa shape index (κ2) is 8.76. The Morgan fingerprint density at radius 3 is 2.53 bits per heavy atom. The van der Waals surface area contributed by atoms with Gasteiger partial charge in [-0.15, -0.1) is 0 Å². The van der Waals surface area contributed by atoms with Crippen LogP contribution in [0.3, 0.4) is 0 Å². The zero-order chi connectivity index (χ0) is 23.7. The third-order valence-electron chi connectivity index (χ3n) is 5.88. The Labute approximate surface area is 187 Å². The lowest BCUT2D eigenvalue weighted by Gasteiger charge is -2.57. The van der Waals surface area contributed by atoms with Crippen molar-refractivity contribution in [2.24, 2.45) is 0 Å². The highest BCUT2D eigenvalue weighted by atomic mass is 16.6. The van der Waals surface area contributed by atoms with E-state index in [0.717, 1.165) is 19.3 Å². The van der Waals surface area contributed by atoms with Crippen LogP contribution in [0.5, 0.6) is 0 Å². The Morgan fingerprint density at radius 2 is 1.94 bits per heavy atom. The van der Waals surface area contributed by atoms with Crippen LogP contribution in [0.1, 0.15) is 57.3 Å². The summed E-state index contributed by atoms with van der Waals surface area (Å²) in [5.74, 6) is -0.788. The zero-order valence-electron chi connectivity index (χ0n) is 18.9. The fourth-order valence-corrected chi connectivity index (χ4v) is 4.24. The van der Waals surface area contributed by atoms with Crippen LogP contribution in [-0.2, 0) is 9.53 Å². The second-order valence-electron chi connectivity index (χ2n) is 9.47. The van der Waals surface area contributed by atoms with Gasteiger partial charge in [0.15, 0.2) is 0 Å². The highest BCUT2D eigenvalue weighted by molar-refractivity contribution is 5.98. The van der Waals surface area contributed by atoms with Crippen molar-refractivity contribution in [1.29, 1.82) is 0 Å². The maximum atomic E-state index is 13.1. The first-order valence-electron chi connectivity index (χ1n) is 10.8. The molecule has 2 aliphatic rings. The molecule has 1 aromatic carbocycles. The van der Waals surface area contributed by atoms with Gasteiger partial charge in [-0.3, -0.25) is 19.7 Å². The van der Waals surface area contributed by atoms with Crippen LogP contribution in [0.25, 0.3) is 0 Å². The minimum atomic E-state index is -0.809. The number of carbonyl (C=O) groups excluding carboxylic acids is 3. The van der Waals surface area contributed by atoms with E-state index >= 15 is 0 Å². The Hall–Kier alpha value is -3.17. The number of nitro benzene ring substituents is 1. The molecule has 0 saturated carbocycles. The van der Waals surface area contributed by atoms with E-state index < -0.39 is 28.0 Å². The first-order valence-corrected chi connectivity index (χ1v) is 10.8. The number of carbonyl (C=O) groups is 3. The highest BCUT2D eigenvalue weighted by Gasteiger charge is 2.51. The SMILES string of the molecule is C[C@H](NC(=O)c1cccc([N+](=O)[O-])c1)C(=O)N1CC[C@]12CCCN(C(=O)OC(C)(C)C)C2. The topological polar surface area (TPSA) is 122 Å². The minimum Gasteiger partial charge on any atom is -0.444 e. The average Bonchev–Trinajstić information content (AvgIpc) is 2.71. The fraction of sp³-hybridized carbons (Fsp3) is 0.591. The summed E-state index contributed by atoms with van der Waals surface area (Å²) in [7, 11) is 0. The van der Waals surface area contributed by atoms with Gasteiger partial charge in [-0.05, 0) is 53.0 Å². The number of hydrogen-bond acceptors (Lipinski definition) is 6. The largest absolute Gasteiger partial charge is 0.444 e. The number of nitrogens with one attached hydrogen (secondary N) is 1. The predicted molar refractivity (Wildman–Crippen MR) is 116 cm³/mol.